The molecule has 15 nitrogen and oxygen atoms in total. The van der Waals surface area contributed by atoms with Crippen LogP contribution in [0.5, 0.6) is 0 Å². The van der Waals surface area contributed by atoms with Crippen LogP contribution in [0.1, 0.15) is 36.8 Å². The highest BCUT2D eigenvalue weighted by Crippen LogP contribution is 2.32. The highest BCUT2D eigenvalue weighted by Gasteiger charge is 2.26. The molecule has 0 fully saturated rings. The SMILES string of the molecule is CC(COC(=O)OCC(C)c1cc([N+](=O)[O-])ccc1[N+](=O)[O-])c1cc([N+](=O)[O-])ccc1[N+](=O)[O-]. The van der Waals surface area contributed by atoms with Crippen LogP contribution in [0.25, 0.3) is 0 Å². The maximum atomic E-state index is 12.0. The van der Waals surface area contributed by atoms with Gasteiger partial charge in [-0.1, -0.05) is 13.8 Å². The molecule has 0 bridgehead atoms. The molecule has 0 aromatic heterocycles. The minimum atomic E-state index is -1.19. The Morgan fingerprint density at radius 3 is 1.35 bits per heavy atom. The molecule has 0 saturated heterocycles. The summed E-state index contributed by atoms with van der Waals surface area (Å²) in [5, 5.41) is 44.4. The van der Waals surface area contributed by atoms with E-state index in [9.17, 15) is 45.3 Å². The molecule has 0 amide bonds. The molecule has 2 unspecified atom stereocenters. The zero-order valence-electron chi connectivity index (χ0n) is 17.8. The van der Waals surface area contributed by atoms with Crippen LogP contribution in [-0.2, 0) is 9.47 Å². The number of nitro groups is 4. The fourth-order valence-corrected chi connectivity index (χ4v) is 3.04. The van der Waals surface area contributed by atoms with E-state index < -0.39 is 50.9 Å². The summed E-state index contributed by atoms with van der Waals surface area (Å²) >= 11 is 0. The van der Waals surface area contributed by atoms with Crippen molar-refractivity contribution in [1.82, 2.24) is 0 Å². The van der Waals surface area contributed by atoms with Gasteiger partial charge in [0.1, 0.15) is 13.2 Å². The molecule has 34 heavy (non-hydrogen) atoms. The van der Waals surface area contributed by atoms with E-state index in [1.807, 2.05) is 0 Å². The average Bonchev–Trinajstić information content (AvgIpc) is 2.79. The lowest BCUT2D eigenvalue weighted by Gasteiger charge is -2.15. The molecule has 15 heteroatoms. The zero-order valence-corrected chi connectivity index (χ0v) is 17.8. The van der Waals surface area contributed by atoms with Gasteiger partial charge in [0.15, 0.2) is 0 Å². The number of benzene rings is 2. The number of carbonyl (C=O) groups is 1. The Hall–Kier alpha value is -4.69. The first-order valence-electron chi connectivity index (χ1n) is 9.57. The van der Waals surface area contributed by atoms with Crippen molar-refractivity contribution in [2.75, 3.05) is 13.2 Å². The van der Waals surface area contributed by atoms with Gasteiger partial charge < -0.3 is 9.47 Å². The fraction of sp³-hybridized carbons (Fsp3) is 0.316. The van der Waals surface area contributed by atoms with Crippen LogP contribution in [-0.4, -0.2) is 39.1 Å². The summed E-state index contributed by atoms with van der Waals surface area (Å²) in [7, 11) is 0. The first kappa shape index (κ1) is 25.6. The molecule has 0 radical (unpaired) electrons. The zero-order chi connectivity index (χ0) is 25.6. The minimum Gasteiger partial charge on any atom is -0.434 e. The van der Waals surface area contributed by atoms with Gasteiger partial charge in [0.25, 0.3) is 22.7 Å². The van der Waals surface area contributed by atoms with Crippen molar-refractivity contribution in [3.63, 3.8) is 0 Å². The maximum absolute atomic E-state index is 12.0. The summed E-state index contributed by atoms with van der Waals surface area (Å²) in [6.45, 7) is 2.08. The van der Waals surface area contributed by atoms with Gasteiger partial charge >= 0.3 is 6.16 Å². The summed E-state index contributed by atoms with van der Waals surface area (Å²) in [5.74, 6) is -1.61. The summed E-state index contributed by atoms with van der Waals surface area (Å²) in [5.41, 5.74) is -1.56. The first-order chi connectivity index (χ1) is 15.9. The first-order valence-corrected chi connectivity index (χ1v) is 9.57. The highest BCUT2D eigenvalue weighted by atomic mass is 16.7. The van der Waals surface area contributed by atoms with Crippen molar-refractivity contribution in [3.05, 3.63) is 88.0 Å². The highest BCUT2D eigenvalue weighted by molar-refractivity contribution is 5.60. The molecule has 2 rings (SSSR count). The third-order valence-corrected chi connectivity index (χ3v) is 4.80. The maximum Gasteiger partial charge on any atom is 0.508 e. The molecule has 0 aliphatic rings. The topological polar surface area (TPSA) is 208 Å². The summed E-state index contributed by atoms with van der Waals surface area (Å²) < 4.78 is 9.85. The van der Waals surface area contributed by atoms with Crippen LogP contribution in [0.3, 0.4) is 0 Å². The number of hydrogen-bond donors (Lipinski definition) is 0. The summed E-state index contributed by atoms with van der Waals surface area (Å²) in [6, 6.07) is 5.96. The van der Waals surface area contributed by atoms with E-state index in [0.29, 0.717) is 0 Å². The predicted octanol–water partition coefficient (Wildman–Crippen LogP) is 4.38. The van der Waals surface area contributed by atoms with Crippen molar-refractivity contribution >= 4 is 28.9 Å². The molecule has 0 saturated carbocycles. The van der Waals surface area contributed by atoms with Gasteiger partial charge in [-0.2, -0.15) is 0 Å². The number of nitrogens with zero attached hydrogens (tertiary/aromatic N) is 4. The van der Waals surface area contributed by atoms with Crippen LogP contribution in [0.4, 0.5) is 27.5 Å². The Bertz CT molecular complexity index is 1060. The van der Waals surface area contributed by atoms with E-state index in [4.69, 9.17) is 9.47 Å². The largest absolute Gasteiger partial charge is 0.508 e. The number of carbonyl (C=O) groups excluding carboxylic acids is 1. The van der Waals surface area contributed by atoms with Crippen LogP contribution in [0.15, 0.2) is 36.4 Å². The van der Waals surface area contributed by atoms with Crippen molar-refractivity contribution in [1.29, 1.82) is 0 Å². The van der Waals surface area contributed by atoms with Crippen molar-refractivity contribution in [2.45, 2.75) is 25.7 Å². The smallest absolute Gasteiger partial charge is 0.434 e. The molecule has 2 atom stereocenters. The molecule has 0 heterocycles. The fourth-order valence-electron chi connectivity index (χ4n) is 3.04. The molecular formula is C19H18N4O11. The standard InChI is InChI=1S/C19H18N4O11/c1-11(15-7-13(20(25)26)3-5-17(15)22(29)30)9-33-19(24)34-10-12(2)16-8-14(21(27)28)4-6-18(16)23(31)32/h3-8,11-12H,9-10H2,1-2H3. The molecule has 180 valence electrons. The van der Waals surface area contributed by atoms with E-state index in [1.165, 1.54) is 13.8 Å². The Morgan fingerprint density at radius 1 is 0.706 bits per heavy atom. The molecule has 2 aromatic carbocycles. The molecule has 2 aromatic rings. The summed E-state index contributed by atoms with van der Waals surface area (Å²) in [6.07, 6.45) is -1.19. The second kappa shape index (κ2) is 10.8. The van der Waals surface area contributed by atoms with Crippen molar-refractivity contribution in [2.24, 2.45) is 0 Å². The molecule has 0 spiro atoms. The second-order valence-electron chi connectivity index (χ2n) is 7.19. The third kappa shape index (κ3) is 6.18. The second-order valence-corrected chi connectivity index (χ2v) is 7.19. The monoisotopic (exact) mass is 478 g/mol. The number of nitro benzene ring substituents is 4. The quantitative estimate of drug-likeness (QED) is 0.266. The number of rotatable bonds is 10. The van der Waals surface area contributed by atoms with E-state index in [1.54, 1.807) is 0 Å². The van der Waals surface area contributed by atoms with Crippen LogP contribution < -0.4 is 0 Å². The Balaban J connectivity index is 2.05. The molecule has 0 aliphatic carbocycles. The van der Waals surface area contributed by atoms with Gasteiger partial charge in [-0.25, -0.2) is 4.79 Å². The lowest BCUT2D eigenvalue weighted by atomic mass is 9.99. The van der Waals surface area contributed by atoms with Gasteiger partial charge in [-0.15, -0.1) is 0 Å². The number of non-ortho nitro benzene ring substituents is 2. The van der Waals surface area contributed by atoms with E-state index >= 15 is 0 Å². The Kier molecular flexibility index (Phi) is 8.09. The minimum absolute atomic E-state index is 0.0208. The van der Waals surface area contributed by atoms with E-state index in [0.717, 1.165) is 36.4 Å². The molecular weight excluding hydrogens is 460 g/mol. The third-order valence-electron chi connectivity index (χ3n) is 4.80. The number of hydrogen-bond acceptors (Lipinski definition) is 11. The summed E-state index contributed by atoms with van der Waals surface area (Å²) in [4.78, 5) is 53.4. The van der Waals surface area contributed by atoms with E-state index in [-0.39, 0.29) is 33.9 Å². The molecule has 0 aliphatic heterocycles. The van der Waals surface area contributed by atoms with Gasteiger partial charge in [-0.05, 0) is 0 Å². The Morgan fingerprint density at radius 2 is 1.06 bits per heavy atom. The molecule has 0 N–H and O–H groups in total. The normalized spacial score (nSPS) is 12.3. The van der Waals surface area contributed by atoms with Crippen molar-refractivity contribution in [3.8, 4) is 0 Å². The Labute approximate surface area is 190 Å². The van der Waals surface area contributed by atoms with Crippen LogP contribution in [0.2, 0.25) is 0 Å². The predicted molar refractivity (Wildman–Crippen MR) is 114 cm³/mol. The van der Waals surface area contributed by atoms with Gasteiger partial charge in [0, 0.05) is 59.4 Å². The average molecular weight is 478 g/mol. The van der Waals surface area contributed by atoms with Gasteiger partial charge in [-0.3, -0.25) is 40.5 Å². The number of ether oxygens (including phenoxy) is 2. The van der Waals surface area contributed by atoms with E-state index in [2.05, 4.69) is 0 Å². The van der Waals surface area contributed by atoms with Crippen LogP contribution in [0, 0.1) is 40.5 Å². The van der Waals surface area contributed by atoms with Gasteiger partial charge in [0.05, 0.1) is 19.7 Å². The lowest BCUT2D eigenvalue weighted by molar-refractivity contribution is -0.389. The lowest BCUT2D eigenvalue weighted by Crippen LogP contribution is -2.16. The van der Waals surface area contributed by atoms with Gasteiger partial charge in [0.2, 0.25) is 0 Å². The van der Waals surface area contributed by atoms with Crippen LogP contribution >= 0.6 is 0 Å². The van der Waals surface area contributed by atoms with Crippen molar-refractivity contribution < 1.29 is 34.0 Å².